The van der Waals surface area contributed by atoms with Crippen LogP contribution in [0.15, 0.2) is 44.5 Å². The van der Waals surface area contributed by atoms with Crippen molar-refractivity contribution >= 4 is 44.5 Å². The molecule has 0 aliphatic rings. The molecule has 0 radical (unpaired) electrons. The summed E-state index contributed by atoms with van der Waals surface area (Å²) in [5.41, 5.74) is 0.546. The molecule has 144 valence electrons. The summed E-state index contributed by atoms with van der Waals surface area (Å²) in [5, 5.41) is 5.49. The Hall–Kier alpha value is -3.27. The molecule has 0 atom stereocenters. The van der Waals surface area contributed by atoms with Crippen LogP contribution in [-0.4, -0.2) is 33.3 Å². The minimum absolute atomic E-state index is 0.0760. The van der Waals surface area contributed by atoms with Crippen LogP contribution < -0.4 is 21.9 Å². The van der Waals surface area contributed by atoms with Crippen molar-refractivity contribution < 1.29 is 9.59 Å². The van der Waals surface area contributed by atoms with Crippen molar-refractivity contribution in [2.75, 3.05) is 11.9 Å². The zero-order valence-corrected chi connectivity index (χ0v) is 16.3. The monoisotopic (exact) mass is 445 g/mol. The summed E-state index contributed by atoms with van der Waals surface area (Å²) in [5.74, 6) is -0.724. The molecule has 2 heterocycles. The maximum absolute atomic E-state index is 12.2. The van der Waals surface area contributed by atoms with Crippen molar-refractivity contribution in [2.24, 2.45) is 0 Å². The minimum atomic E-state index is -0.672. The van der Waals surface area contributed by atoms with Crippen molar-refractivity contribution in [1.82, 2.24) is 20.3 Å². The number of H-pyrrole nitrogens is 2. The van der Waals surface area contributed by atoms with Gasteiger partial charge >= 0.3 is 5.69 Å². The van der Waals surface area contributed by atoms with E-state index in [1.165, 1.54) is 12.3 Å². The highest BCUT2D eigenvalue weighted by molar-refractivity contribution is 9.10. The summed E-state index contributed by atoms with van der Waals surface area (Å²) in [6.45, 7) is 1.99. The summed E-state index contributed by atoms with van der Waals surface area (Å²) in [6, 6.07) is 6.89. The molecule has 0 unspecified atom stereocenters. The second kappa shape index (κ2) is 8.17. The summed E-state index contributed by atoms with van der Waals surface area (Å²) in [4.78, 5) is 55.7. The molecular weight excluding hydrogens is 430 g/mol. The van der Waals surface area contributed by atoms with Gasteiger partial charge in [-0.3, -0.25) is 24.4 Å². The maximum atomic E-state index is 12.2. The molecule has 2 amide bonds. The molecule has 10 heteroatoms. The van der Waals surface area contributed by atoms with E-state index in [1.54, 1.807) is 6.07 Å². The topological polar surface area (TPSA) is 137 Å². The van der Waals surface area contributed by atoms with Gasteiger partial charge in [0.1, 0.15) is 5.65 Å². The van der Waals surface area contributed by atoms with Crippen LogP contribution in [0.2, 0.25) is 0 Å². The summed E-state index contributed by atoms with van der Waals surface area (Å²) in [6.07, 6.45) is 1.32. The predicted octanol–water partition coefficient (Wildman–Crippen LogP) is 1.44. The number of nitrogens with zero attached hydrogens (tertiary/aromatic N) is 1. The average Bonchev–Trinajstić information content (AvgIpc) is 2.64. The Morgan fingerprint density at radius 3 is 2.75 bits per heavy atom. The number of nitrogens with one attached hydrogen (secondary N) is 4. The van der Waals surface area contributed by atoms with Crippen molar-refractivity contribution in [2.45, 2.75) is 13.3 Å². The van der Waals surface area contributed by atoms with Crippen LogP contribution in [0.1, 0.15) is 22.3 Å². The number of fused-ring (bicyclic) bond motifs is 1. The predicted molar refractivity (Wildman–Crippen MR) is 107 cm³/mol. The molecule has 0 fully saturated rings. The molecule has 4 N–H and O–H groups in total. The zero-order valence-electron chi connectivity index (χ0n) is 14.8. The molecule has 0 aliphatic carbocycles. The van der Waals surface area contributed by atoms with Crippen molar-refractivity contribution in [3.05, 3.63) is 66.9 Å². The fraction of sp³-hybridized carbons (Fsp3) is 0.167. The number of hydrogen-bond donors (Lipinski definition) is 4. The Kier molecular flexibility index (Phi) is 5.69. The van der Waals surface area contributed by atoms with Gasteiger partial charge in [0.05, 0.1) is 10.9 Å². The third kappa shape index (κ3) is 4.52. The van der Waals surface area contributed by atoms with E-state index in [2.05, 4.69) is 41.5 Å². The van der Waals surface area contributed by atoms with E-state index in [1.807, 2.05) is 19.1 Å². The van der Waals surface area contributed by atoms with Crippen molar-refractivity contribution in [3.8, 4) is 0 Å². The highest BCUT2D eigenvalue weighted by atomic mass is 79.9. The molecule has 0 saturated heterocycles. The molecule has 1 aromatic carbocycles. The quantitative estimate of drug-likeness (QED) is 0.470. The van der Waals surface area contributed by atoms with Crippen LogP contribution in [0.25, 0.3) is 11.0 Å². The smallest absolute Gasteiger partial charge is 0.327 e. The lowest BCUT2D eigenvalue weighted by molar-refractivity contribution is -0.116. The third-order valence-corrected chi connectivity index (χ3v) is 4.46. The third-order valence-electron chi connectivity index (χ3n) is 3.96. The van der Waals surface area contributed by atoms with Crippen LogP contribution in [0.3, 0.4) is 0 Å². The number of halogens is 1. The Balaban J connectivity index is 1.60. The fourth-order valence-corrected chi connectivity index (χ4v) is 2.87. The lowest BCUT2D eigenvalue weighted by atomic mass is 10.2. The number of rotatable bonds is 5. The van der Waals surface area contributed by atoms with E-state index in [0.29, 0.717) is 5.69 Å². The molecule has 9 nitrogen and oxygen atoms in total. The lowest BCUT2D eigenvalue weighted by Gasteiger charge is -2.09. The number of aryl methyl sites for hydroxylation is 1. The van der Waals surface area contributed by atoms with Gasteiger partial charge in [-0.25, -0.2) is 9.78 Å². The second-order valence-electron chi connectivity index (χ2n) is 6.04. The van der Waals surface area contributed by atoms with Gasteiger partial charge in [-0.05, 0) is 30.7 Å². The highest BCUT2D eigenvalue weighted by Crippen LogP contribution is 2.20. The van der Waals surface area contributed by atoms with E-state index >= 15 is 0 Å². The summed E-state index contributed by atoms with van der Waals surface area (Å²) < 4.78 is 0.849. The van der Waals surface area contributed by atoms with Crippen LogP contribution >= 0.6 is 15.9 Å². The molecule has 0 spiro atoms. The summed E-state index contributed by atoms with van der Waals surface area (Å²) in [7, 11) is 0. The first-order chi connectivity index (χ1) is 13.3. The van der Waals surface area contributed by atoms with Gasteiger partial charge in [0.15, 0.2) is 0 Å². The van der Waals surface area contributed by atoms with Crippen molar-refractivity contribution in [3.63, 3.8) is 0 Å². The van der Waals surface area contributed by atoms with E-state index < -0.39 is 17.2 Å². The molecule has 0 aliphatic heterocycles. The Morgan fingerprint density at radius 2 is 1.96 bits per heavy atom. The molecule has 2 aromatic heterocycles. The normalized spacial score (nSPS) is 10.6. The summed E-state index contributed by atoms with van der Waals surface area (Å²) >= 11 is 3.35. The first-order valence-electron chi connectivity index (χ1n) is 8.30. The zero-order chi connectivity index (χ0) is 20.3. The molecule has 28 heavy (non-hydrogen) atoms. The van der Waals surface area contributed by atoms with E-state index in [4.69, 9.17) is 0 Å². The SMILES string of the molecule is Cc1ccc(Br)cc1NC(=O)CCNC(=O)c1cnc2[nH]c(=O)[nH]c(=O)c2c1. The molecule has 3 rings (SSSR count). The van der Waals surface area contributed by atoms with E-state index in [9.17, 15) is 19.2 Å². The highest BCUT2D eigenvalue weighted by Gasteiger charge is 2.11. The Labute approximate surface area is 166 Å². The number of benzene rings is 1. The minimum Gasteiger partial charge on any atom is -0.351 e. The Morgan fingerprint density at radius 1 is 1.18 bits per heavy atom. The molecule has 3 aromatic rings. The van der Waals surface area contributed by atoms with Crippen molar-refractivity contribution in [1.29, 1.82) is 0 Å². The molecule has 0 saturated carbocycles. The number of aromatic nitrogens is 3. The average molecular weight is 446 g/mol. The fourth-order valence-electron chi connectivity index (χ4n) is 2.50. The maximum Gasteiger partial charge on any atom is 0.327 e. The standard InChI is InChI=1S/C18H16BrN5O4/c1-9-2-3-11(19)7-13(9)22-14(25)4-5-20-16(26)10-6-12-15(21-8-10)23-18(28)24-17(12)27/h2-3,6-8H,4-5H2,1H3,(H,20,26)(H,22,25)(H2,21,23,24,27,28). The number of carbonyl (C=O) groups excluding carboxylic acids is 2. The number of hydrogen-bond acceptors (Lipinski definition) is 5. The van der Waals surface area contributed by atoms with Gasteiger partial charge < -0.3 is 10.6 Å². The number of pyridine rings is 1. The second-order valence-corrected chi connectivity index (χ2v) is 6.96. The van der Waals surface area contributed by atoms with Crippen LogP contribution in [0.5, 0.6) is 0 Å². The van der Waals surface area contributed by atoms with Gasteiger partial charge in [-0.1, -0.05) is 22.0 Å². The van der Waals surface area contributed by atoms with Gasteiger partial charge in [-0.2, -0.15) is 0 Å². The van der Waals surface area contributed by atoms with Gasteiger partial charge in [0.25, 0.3) is 11.5 Å². The molecular formula is C18H16BrN5O4. The van der Waals surface area contributed by atoms with Gasteiger partial charge in [-0.15, -0.1) is 0 Å². The van der Waals surface area contributed by atoms with Crippen LogP contribution in [0.4, 0.5) is 5.69 Å². The van der Waals surface area contributed by atoms with Crippen LogP contribution in [-0.2, 0) is 4.79 Å². The van der Waals surface area contributed by atoms with E-state index in [-0.39, 0.29) is 35.5 Å². The van der Waals surface area contributed by atoms with Gasteiger partial charge in [0, 0.05) is 29.3 Å². The first kappa shape index (κ1) is 19.5. The number of amides is 2. The van der Waals surface area contributed by atoms with Crippen LogP contribution in [0, 0.1) is 6.92 Å². The number of carbonyl (C=O) groups is 2. The lowest BCUT2D eigenvalue weighted by Crippen LogP contribution is -2.28. The van der Waals surface area contributed by atoms with Gasteiger partial charge in [0.2, 0.25) is 5.91 Å². The largest absolute Gasteiger partial charge is 0.351 e. The number of anilines is 1. The molecule has 0 bridgehead atoms. The number of aromatic amines is 2. The Bertz CT molecular complexity index is 1180. The van der Waals surface area contributed by atoms with E-state index in [0.717, 1.165) is 10.0 Å². The first-order valence-corrected chi connectivity index (χ1v) is 9.09.